The number of aromatic nitrogens is 4. The fraction of sp³-hybridized carbons (Fsp3) is 0. The van der Waals surface area contributed by atoms with Crippen LogP contribution in [0, 0.1) is 0 Å². The van der Waals surface area contributed by atoms with E-state index in [2.05, 4.69) is 180 Å². The molecule has 5 nitrogen and oxygen atoms in total. The molecule has 0 unspecified atom stereocenters. The molecular weight excluding hydrogens is 781 g/mol. The number of nitrogens with zero attached hydrogens (tertiary/aromatic N) is 4. The lowest BCUT2D eigenvalue weighted by atomic mass is 9.92. The van der Waals surface area contributed by atoms with Gasteiger partial charge in [-0.1, -0.05) is 170 Å². The Morgan fingerprint density at radius 1 is 0.312 bits per heavy atom. The summed E-state index contributed by atoms with van der Waals surface area (Å²) in [6.07, 6.45) is 0. The van der Waals surface area contributed by atoms with E-state index in [1.54, 1.807) is 0 Å². The zero-order valence-electron chi connectivity index (χ0n) is 34.5. The Hall–Kier alpha value is -8.67. The third-order valence-electron chi connectivity index (χ3n) is 12.6. The highest BCUT2D eigenvalue weighted by Crippen LogP contribution is 2.46. The molecule has 10 aromatic carbocycles. The molecule has 0 aliphatic rings. The smallest absolute Gasteiger partial charge is 0.164 e. The number of para-hydroxylation sites is 1. The molecule has 0 amide bonds. The molecule has 0 fully saturated rings. The predicted molar refractivity (Wildman–Crippen MR) is 264 cm³/mol. The van der Waals surface area contributed by atoms with Crippen molar-refractivity contribution in [2.24, 2.45) is 0 Å². The van der Waals surface area contributed by atoms with Crippen LogP contribution >= 0.6 is 0 Å². The van der Waals surface area contributed by atoms with E-state index >= 15 is 0 Å². The van der Waals surface area contributed by atoms with Crippen molar-refractivity contribution in [2.45, 2.75) is 0 Å². The van der Waals surface area contributed by atoms with Crippen LogP contribution in [0.15, 0.2) is 223 Å². The zero-order valence-corrected chi connectivity index (χ0v) is 34.5. The SMILES string of the molecule is c1ccc(-c2nc(-c3cc(-c4ccccc4)c(-n4c5cc6ccccc6cc5c5c6ccccc6ccc54)c(-c4ccccc4)c3)nc(-c3ccc4c(c3)oc3ccccc34)n2)cc1. The second-order valence-corrected chi connectivity index (χ2v) is 16.4. The first kappa shape index (κ1) is 36.0. The minimum absolute atomic E-state index is 0.568. The summed E-state index contributed by atoms with van der Waals surface area (Å²) < 4.78 is 8.85. The molecule has 64 heavy (non-hydrogen) atoms. The minimum atomic E-state index is 0.568. The number of rotatable bonds is 6. The predicted octanol–water partition coefficient (Wildman–Crippen LogP) is 15.5. The van der Waals surface area contributed by atoms with Gasteiger partial charge in [0.25, 0.3) is 0 Å². The Morgan fingerprint density at radius 3 is 1.53 bits per heavy atom. The van der Waals surface area contributed by atoms with Crippen molar-refractivity contribution in [3.63, 3.8) is 0 Å². The van der Waals surface area contributed by atoms with Crippen molar-refractivity contribution in [3.8, 4) is 62.1 Å². The maximum absolute atomic E-state index is 6.36. The molecule has 0 aliphatic heterocycles. The molecule has 0 N–H and O–H groups in total. The van der Waals surface area contributed by atoms with Crippen LogP contribution in [-0.2, 0) is 0 Å². The van der Waals surface area contributed by atoms with Crippen molar-refractivity contribution in [2.75, 3.05) is 0 Å². The van der Waals surface area contributed by atoms with Gasteiger partial charge in [-0.2, -0.15) is 0 Å². The van der Waals surface area contributed by atoms with Crippen molar-refractivity contribution >= 4 is 65.3 Å². The molecule has 13 rings (SSSR count). The van der Waals surface area contributed by atoms with E-state index in [9.17, 15) is 0 Å². The van der Waals surface area contributed by atoms with E-state index in [4.69, 9.17) is 19.4 Å². The third-order valence-corrected chi connectivity index (χ3v) is 12.6. The van der Waals surface area contributed by atoms with Gasteiger partial charge >= 0.3 is 0 Å². The molecule has 0 saturated carbocycles. The Morgan fingerprint density at radius 2 is 0.844 bits per heavy atom. The van der Waals surface area contributed by atoms with Crippen LogP contribution in [0.5, 0.6) is 0 Å². The molecule has 5 heteroatoms. The number of hydrogen-bond acceptors (Lipinski definition) is 4. The molecule has 0 radical (unpaired) electrons. The lowest BCUT2D eigenvalue weighted by Crippen LogP contribution is -2.04. The van der Waals surface area contributed by atoms with Gasteiger partial charge in [0.1, 0.15) is 11.2 Å². The quantitative estimate of drug-likeness (QED) is 0.168. The third kappa shape index (κ3) is 5.83. The van der Waals surface area contributed by atoms with Gasteiger partial charge in [-0.25, -0.2) is 15.0 Å². The molecule has 0 spiro atoms. The Labute approximate surface area is 368 Å². The number of hydrogen-bond donors (Lipinski definition) is 0. The maximum atomic E-state index is 6.36. The first-order chi connectivity index (χ1) is 31.7. The van der Waals surface area contributed by atoms with Gasteiger partial charge in [0, 0.05) is 49.4 Å². The van der Waals surface area contributed by atoms with E-state index in [-0.39, 0.29) is 0 Å². The Balaban J connectivity index is 1.13. The average Bonchev–Trinajstić information content (AvgIpc) is 3.90. The largest absolute Gasteiger partial charge is 0.456 e. The van der Waals surface area contributed by atoms with Gasteiger partial charge in [0.2, 0.25) is 0 Å². The van der Waals surface area contributed by atoms with Crippen molar-refractivity contribution in [3.05, 3.63) is 218 Å². The van der Waals surface area contributed by atoms with E-state index in [1.807, 2.05) is 42.5 Å². The Bertz CT molecular complexity index is 3890. The Kier molecular flexibility index (Phi) is 8.15. The van der Waals surface area contributed by atoms with Gasteiger partial charge in [0.05, 0.1) is 16.7 Å². The van der Waals surface area contributed by atoms with Crippen LogP contribution in [0.4, 0.5) is 0 Å². The summed E-state index contributed by atoms with van der Waals surface area (Å²) in [6.45, 7) is 0. The summed E-state index contributed by atoms with van der Waals surface area (Å²) >= 11 is 0. The second kappa shape index (κ2) is 14.5. The van der Waals surface area contributed by atoms with Crippen molar-refractivity contribution < 1.29 is 4.42 Å². The number of furan rings is 1. The molecule has 3 heterocycles. The summed E-state index contributed by atoms with van der Waals surface area (Å²) in [4.78, 5) is 15.7. The van der Waals surface area contributed by atoms with Gasteiger partial charge in [-0.15, -0.1) is 0 Å². The van der Waals surface area contributed by atoms with Crippen LogP contribution in [0.3, 0.4) is 0 Å². The standard InChI is InChI=1S/C59H36N4O/c1-4-16-37(17-5-1)48-33-44(59-61-57(40-21-8-3-9-22-40)60-58(62-59)43-28-30-47-46-26-14-15-27-53(46)64-54(47)36-43)34-49(38-18-6-2-7-19-38)56(48)63-51-31-29-39-20-12-13-25-45(39)55(51)50-32-41-23-10-11-24-42(41)35-52(50)63/h1-36H. The van der Waals surface area contributed by atoms with E-state index < -0.39 is 0 Å². The van der Waals surface area contributed by atoms with E-state index in [0.717, 1.165) is 77.6 Å². The van der Waals surface area contributed by atoms with Crippen LogP contribution in [0.25, 0.3) is 127 Å². The molecule has 13 aromatic rings. The van der Waals surface area contributed by atoms with Crippen LogP contribution in [0.1, 0.15) is 0 Å². The molecule has 298 valence electrons. The highest BCUT2D eigenvalue weighted by molar-refractivity contribution is 6.24. The molecule has 0 aliphatic carbocycles. The van der Waals surface area contributed by atoms with Crippen molar-refractivity contribution in [1.29, 1.82) is 0 Å². The second-order valence-electron chi connectivity index (χ2n) is 16.4. The summed E-state index contributed by atoms with van der Waals surface area (Å²) in [7, 11) is 0. The minimum Gasteiger partial charge on any atom is -0.456 e. The van der Waals surface area contributed by atoms with Gasteiger partial charge in [-0.3, -0.25) is 0 Å². The monoisotopic (exact) mass is 816 g/mol. The summed E-state index contributed by atoms with van der Waals surface area (Å²) in [5, 5.41) is 9.42. The van der Waals surface area contributed by atoms with Crippen molar-refractivity contribution in [1.82, 2.24) is 19.5 Å². The lowest BCUT2D eigenvalue weighted by molar-refractivity contribution is 0.669. The molecular formula is C59H36N4O. The molecule has 0 bridgehead atoms. The summed E-state index contributed by atoms with van der Waals surface area (Å²) in [6, 6.07) is 77.2. The van der Waals surface area contributed by atoms with E-state index in [0.29, 0.717) is 17.5 Å². The molecule has 0 saturated heterocycles. The maximum Gasteiger partial charge on any atom is 0.164 e. The van der Waals surface area contributed by atoms with Crippen LogP contribution in [-0.4, -0.2) is 19.5 Å². The summed E-state index contributed by atoms with van der Waals surface area (Å²) in [5.74, 6) is 1.74. The highest BCUT2D eigenvalue weighted by Gasteiger charge is 2.24. The van der Waals surface area contributed by atoms with Crippen LogP contribution in [0.2, 0.25) is 0 Å². The number of benzene rings is 10. The molecule has 3 aromatic heterocycles. The molecule has 0 atom stereocenters. The average molecular weight is 817 g/mol. The lowest BCUT2D eigenvalue weighted by Gasteiger charge is -2.21. The van der Waals surface area contributed by atoms with Gasteiger partial charge in [0.15, 0.2) is 17.5 Å². The van der Waals surface area contributed by atoms with Gasteiger partial charge in [-0.05, 0) is 81.2 Å². The fourth-order valence-corrected chi connectivity index (χ4v) is 9.61. The highest BCUT2D eigenvalue weighted by atomic mass is 16.3. The van der Waals surface area contributed by atoms with E-state index in [1.165, 1.54) is 32.3 Å². The first-order valence-corrected chi connectivity index (χ1v) is 21.6. The zero-order chi connectivity index (χ0) is 42.1. The van der Waals surface area contributed by atoms with Crippen LogP contribution < -0.4 is 0 Å². The first-order valence-electron chi connectivity index (χ1n) is 21.6. The summed E-state index contributed by atoms with van der Waals surface area (Å²) in [5.41, 5.74) is 11.9. The topological polar surface area (TPSA) is 56.7 Å². The fourth-order valence-electron chi connectivity index (χ4n) is 9.61. The van der Waals surface area contributed by atoms with Gasteiger partial charge < -0.3 is 8.98 Å². The number of fused-ring (bicyclic) bond motifs is 9. The normalized spacial score (nSPS) is 11.8.